The Bertz CT molecular complexity index is 542. The number of halogens is 2. The van der Waals surface area contributed by atoms with E-state index in [1.807, 2.05) is 36.4 Å². The SMILES string of the molecule is ClCC#Cc1cccc2cccc(Cl)c12. The Morgan fingerprint density at radius 3 is 2.53 bits per heavy atom. The van der Waals surface area contributed by atoms with Crippen LogP contribution in [0.3, 0.4) is 0 Å². The van der Waals surface area contributed by atoms with E-state index < -0.39 is 0 Å². The molecule has 2 rings (SSSR count). The second-order valence-corrected chi connectivity index (χ2v) is 3.75. The molecule has 15 heavy (non-hydrogen) atoms. The maximum atomic E-state index is 6.14. The summed E-state index contributed by atoms with van der Waals surface area (Å²) in [7, 11) is 0. The van der Waals surface area contributed by atoms with Crippen molar-refractivity contribution in [3.8, 4) is 11.8 Å². The van der Waals surface area contributed by atoms with Gasteiger partial charge in [0.1, 0.15) is 0 Å². The summed E-state index contributed by atoms with van der Waals surface area (Å²) in [6, 6.07) is 11.8. The van der Waals surface area contributed by atoms with Crippen molar-refractivity contribution >= 4 is 34.0 Å². The summed E-state index contributed by atoms with van der Waals surface area (Å²) in [5, 5.41) is 2.83. The minimum Gasteiger partial charge on any atom is -0.113 e. The number of hydrogen-bond donors (Lipinski definition) is 0. The Hall–Kier alpha value is -1.16. The van der Waals surface area contributed by atoms with E-state index in [2.05, 4.69) is 11.8 Å². The largest absolute Gasteiger partial charge is 0.113 e. The van der Waals surface area contributed by atoms with Gasteiger partial charge in [0, 0.05) is 16.0 Å². The van der Waals surface area contributed by atoms with E-state index in [0.29, 0.717) is 5.88 Å². The second-order valence-electron chi connectivity index (χ2n) is 3.08. The molecule has 74 valence electrons. The fourth-order valence-electron chi connectivity index (χ4n) is 1.53. The van der Waals surface area contributed by atoms with Gasteiger partial charge in [0.15, 0.2) is 0 Å². The molecule has 0 amide bonds. The Morgan fingerprint density at radius 2 is 1.80 bits per heavy atom. The molecule has 2 aromatic carbocycles. The van der Waals surface area contributed by atoms with Crippen LogP contribution >= 0.6 is 23.2 Å². The molecule has 0 aliphatic heterocycles. The predicted octanol–water partition coefficient (Wildman–Crippen LogP) is 4.08. The highest BCUT2D eigenvalue weighted by molar-refractivity contribution is 6.36. The van der Waals surface area contributed by atoms with Crippen molar-refractivity contribution in [3.63, 3.8) is 0 Å². The van der Waals surface area contributed by atoms with Crippen LogP contribution < -0.4 is 0 Å². The van der Waals surface area contributed by atoms with Gasteiger partial charge < -0.3 is 0 Å². The first-order valence-corrected chi connectivity index (χ1v) is 5.46. The van der Waals surface area contributed by atoms with Crippen molar-refractivity contribution < 1.29 is 0 Å². The zero-order valence-corrected chi connectivity index (χ0v) is 9.44. The van der Waals surface area contributed by atoms with E-state index >= 15 is 0 Å². The highest BCUT2D eigenvalue weighted by atomic mass is 35.5. The summed E-state index contributed by atoms with van der Waals surface area (Å²) in [6.07, 6.45) is 0. The molecule has 0 atom stereocenters. The molecule has 0 unspecified atom stereocenters. The lowest BCUT2D eigenvalue weighted by Crippen LogP contribution is -1.81. The molecule has 0 spiro atoms. The first-order valence-electron chi connectivity index (χ1n) is 4.55. The third-order valence-electron chi connectivity index (χ3n) is 2.14. The molecular formula is C13H8Cl2. The molecule has 0 saturated heterocycles. The molecule has 0 fully saturated rings. The van der Waals surface area contributed by atoms with Gasteiger partial charge in [-0.05, 0) is 17.5 Å². The Morgan fingerprint density at radius 1 is 1.07 bits per heavy atom. The van der Waals surface area contributed by atoms with E-state index in [1.54, 1.807) is 0 Å². The van der Waals surface area contributed by atoms with Gasteiger partial charge in [0.2, 0.25) is 0 Å². The van der Waals surface area contributed by atoms with Crippen molar-refractivity contribution in [1.29, 1.82) is 0 Å². The zero-order chi connectivity index (χ0) is 10.7. The van der Waals surface area contributed by atoms with Crippen LogP contribution in [0.25, 0.3) is 10.8 Å². The highest BCUT2D eigenvalue weighted by Gasteiger charge is 2.01. The molecule has 0 bridgehead atoms. The van der Waals surface area contributed by atoms with Crippen molar-refractivity contribution in [1.82, 2.24) is 0 Å². The van der Waals surface area contributed by atoms with Crippen LogP contribution in [-0.4, -0.2) is 5.88 Å². The molecule has 0 radical (unpaired) electrons. The van der Waals surface area contributed by atoms with E-state index in [4.69, 9.17) is 23.2 Å². The third-order valence-corrected chi connectivity index (χ3v) is 2.59. The van der Waals surface area contributed by atoms with Crippen LogP contribution in [0.15, 0.2) is 36.4 Å². The van der Waals surface area contributed by atoms with Crippen LogP contribution in [0.2, 0.25) is 5.02 Å². The van der Waals surface area contributed by atoms with Crippen molar-refractivity contribution in [3.05, 3.63) is 47.0 Å². The van der Waals surface area contributed by atoms with Crippen LogP contribution in [0, 0.1) is 11.8 Å². The average molecular weight is 235 g/mol. The molecule has 0 heterocycles. The Labute approximate surface area is 98.8 Å². The first kappa shape index (κ1) is 10.4. The van der Waals surface area contributed by atoms with E-state index in [1.165, 1.54) is 0 Å². The van der Waals surface area contributed by atoms with E-state index in [9.17, 15) is 0 Å². The number of alkyl halides is 1. The summed E-state index contributed by atoms with van der Waals surface area (Å²) in [5.41, 5.74) is 0.929. The average Bonchev–Trinajstić information content (AvgIpc) is 2.26. The number of rotatable bonds is 0. The highest BCUT2D eigenvalue weighted by Crippen LogP contribution is 2.26. The lowest BCUT2D eigenvalue weighted by molar-refractivity contribution is 1.69. The smallest absolute Gasteiger partial charge is 0.0839 e. The lowest BCUT2D eigenvalue weighted by Gasteiger charge is -2.02. The van der Waals surface area contributed by atoms with Gasteiger partial charge >= 0.3 is 0 Å². The summed E-state index contributed by atoms with van der Waals surface area (Å²) >= 11 is 11.7. The Balaban J connectivity index is 2.74. The monoisotopic (exact) mass is 234 g/mol. The summed E-state index contributed by atoms with van der Waals surface area (Å²) in [5.74, 6) is 6.19. The zero-order valence-electron chi connectivity index (χ0n) is 7.93. The molecule has 0 aliphatic carbocycles. The van der Waals surface area contributed by atoms with Gasteiger partial charge in [0.05, 0.1) is 5.88 Å². The van der Waals surface area contributed by atoms with Crippen molar-refractivity contribution in [2.24, 2.45) is 0 Å². The minimum atomic E-state index is 0.334. The first-order chi connectivity index (χ1) is 7.33. The molecule has 2 aromatic rings. The van der Waals surface area contributed by atoms with Gasteiger partial charge in [-0.2, -0.15) is 0 Å². The van der Waals surface area contributed by atoms with Crippen LogP contribution in [0.5, 0.6) is 0 Å². The van der Waals surface area contributed by atoms with Crippen LogP contribution in [-0.2, 0) is 0 Å². The number of fused-ring (bicyclic) bond motifs is 1. The molecule has 0 saturated carbocycles. The van der Waals surface area contributed by atoms with Crippen LogP contribution in [0.1, 0.15) is 5.56 Å². The minimum absolute atomic E-state index is 0.334. The van der Waals surface area contributed by atoms with E-state index in [-0.39, 0.29) is 0 Å². The molecular weight excluding hydrogens is 227 g/mol. The normalized spacial score (nSPS) is 9.73. The standard InChI is InChI=1S/C13H8Cl2/c14-9-3-7-11-5-1-4-10-6-2-8-12(15)13(10)11/h1-2,4-6,8H,9H2. The maximum absolute atomic E-state index is 6.14. The molecule has 0 nitrogen and oxygen atoms in total. The Kier molecular flexibility index (Phi) is 3.16. The lowest BCUT2D eigenvalue weighted by atomic mass is 10.1. The van der Waals surface area contributed by atoms with E-state index in [0.717, 1.165) is 21.4 Å². The molecule has 2 heteroatoms. The topological polar surface area (TPSA) is 0 Å². The number of benzene rings is 2. The number of hydrogen-bond acceptors (Lipinski definition) is 0. The molecule has 0 aromatic heterocycles. The van der Waals surface area contributed by atoms with Gasteiger partial charge in [-0.25, -0.2) is 0 Å². The van der Waals surface area contributed by atoms with Crippen molar-refractivity contribution in [2.45, 2.75) is 0 Å². The summed E-state index contributed by atoms with van der Waals surface area (Å²) in [4.78, 5) is 0. The van der Waals surface area contributed by atoms with Crippen LogP contribution in [0.4, 0.5) is 0 Å². The van der Waals surface area contributed by atoms with Gasteiger partial charge in [-0.1, -0.05) is 47.7 Å². The van der Waals surface area contributed by atoms with Gasteiger partial charge in [-0.3, -0.25) is 0 Å². The second kappa shape index (κ2) is 4.57. The summed E-state index contributed by atoms with van der Waals surface area (Å²) in [6.45, 7) is 0. The molecule has 0 aliphatic rings. The van der Waals surface area contributed by atoms with Crippen molar-refractivity contribution in [2.75, 3.05) is 5.88 Å². The maximum Gasteiger partial charge on any atom is 0.0839 e. The fraction of sp³-hybridized carbons (Fsp3) is 0.0769. The van der Waals surface area contributed by atoms with Gasteiger partial charge in [0.25, 0.3) is 0 Å². The quantitative estimate of drug-likeness (QED) is 0.476. The third kappa shape index (κ3) is 2.09. The fourth-order valence-corrected chi connectivity index (χ4v) is 1.88. The summed E-state index contributed by atoms with van der Waals surface area (Å²) < 4.78 is 0. The predicted molar refractivity (Wildman–Crippen MR) is 66.6 cm³/mol. The van der Waals surface area contributed by atoms with Gasteiger partial charge in [-0.15, -0.1) is 11.6 Å². The molecule has 0 N–H and O–H groups in total.